The molecule has 2 heterocycles. The highest BCUT2D eigenvalue weighted by molar-refractivity contribution is 7.07. The van der Waals surface area contributed by atoms with Crippen LogP contribution >= 0.6 is 11.3 Å². The summed E-state index contributed by atoms with van der Waals surface area (Å²) in [6.45, 7) is 3.48. The zero-order chi connectivity index (χ0) is 34.0. The normalized spacial score (nSPS) is 14.7. The maximum atomic E-state index is 13.9. The molecule has 1 aliphatic rings. The zero-order valence-electron chi connectivity index (χ0n) is 25.3. The van der Waals surface area contributed by atoms with Crippen molar-refractivity contribution in [3.8, 4) is 23.0 Å². The van der Waals surface area contributed by atoms with Crippen LogP contribution < -0.4 is 29.1 Å². The number of allylic oxidation sites excluding steroid dienone is 1. The maximum Gasteiger partial charge on any atom is 0.416 e. The second kappa shape index (κ2) is 13.1. The van der Waals surface area contributed by atoms with Crippen molar-refractivity contribution < 1.29 is 41.8 Å². The summed E-state index contributed by atoms with van der Waals surface area (Å²) in [6, 6.07) is 12.5. The summed E-state index contributed by atoms with van der Waals surface area (Å²) >= 11 is 1.10. The Morgan fingerprint density at radius 1 is 1.04 bits per heavy atom. The Kier molecular flexibility index (Phi) is 9.19. The van der Waals surface area contributed by atoms with Crippen molar-refractivity contribution in [3.05, 3.63) is 118 Å². The lowest BCUT2D eigenvalue weighted by molar-refractivity contribution is -0.385. The molecule has 0 aliphatic carbocycles. The third kappa shape index (κ3) is 6.60. The molecule has 1 atom stereocenters. The second-order valence-electron chi connectivity index (χ2n) is 10.0. The summed E-state index contributed by atoms with van der Waals surface area (Å²) in [5.74, 6) is -0.347. The van der Waals surface area contributed by atoms with Gasteiger partial charge in [-0.3, -0.25) is 19.5 Å². The largest absolute Gasteiger partial charge is 0.497 e. The van der Waals surface area contributed by atoms with Crippen LogP contribution in [0.5, 0.6) is 23.0 Å². The topological polar surface area (TPSA) is 131 Å². The first-order chi connectivity index (χ1) is 22.4. The number of rotatable bonds is 9. The van der Waals surface area contributed by atoms with E-state index in [0.717, 1.165) is 17.4 Å². The van der Waals surface area contributed by atoms with Crippen LogP contribution in [0, 0.1) is 10.1 Å². The SMILES string of the molecule is CCOC(=O)C1=C(C)N=c2sc(=Cc3ccc(Oc4ccc(C(F)(F)F)cc4[N+](=O)[O-])c(OC)c3)c(=O)n2[C@H]1c1ccc(OC)cc1. The lowest BCUT2D eigenvalue weighted by Gasteiger charge is -2.24. The van der Waals surface area contributed by atoms with E-state index in [9.17, 15) is 32.9 Å². The van der Waals surface area contributed by atoms with Crippen molar-refractivity contribution in [1.82, 2.24) is 4.57 Å². The molecule has 0 amide bonds. The van der Waals surface area contributed by atoms with Gasteiger partial charge < -0.3 is 18.9 Å². The number of thiazole rings is 1. The summed E-state index contributed by atoms with van der Waals surface area (Å²) < 4.78 is 62.7. The number of alkyl halides is 3. The van der Waals surface area contributed by atoms with E-state index >= 15 is 0 Å². The number of carbonyl (C=O) groups excluding carboxylic acids is 1. The number of carbonyl (C=O) groups is 1. The number of halogens is 3. The van der Waals surface area contributed by atoms with Crippen LogP contribution in [0.25, 0.3) is 6.08 Å². The van der Waals surface area contributed by atoms with Crippen LogP contribution in [-0.4, -0.2) is 36.3 Å². The Labute approximate surface area is 268 Å². The molecule has 3 aromatic carbocycles. The van der Waals surface area contributed by atoms with E-state index in [1.54, 1.807) is 50.3 Å². The van der Waals surface area contributed by atoms with Crippen molar-refractivity contribution in [2.75, 3.05) is 20.8 Å². The highest BCUT2D eigenvalue weighted by atomic mass is 32.1. The summed E-state index contributed by atoms with van der Waals surface area (Å²) in [5.41, 5.74) is -0.771. The van der Waals surface area contributed by atoms with Crippen molar-refractivity contribution in [1.29, 1.82) is 0 Å². The molecule has 0 bridgehead atoms. The number of esters is 1. The van der Waals surface area contributed by atoms with Gasteiger partial charge >= 0.3 is 17.8 Å². The molecule has 0 fully saturated rings. The fraction of sp³-hybridized carbons (Fsp3) is 0.219. The van der Waals surface area contributed by atoms with Gasteiger partial charge in [0, 0.05) is 6.07 Å². The first-order valence-electron chi connectivity index (χ1n) is 13.9. The van der Waals surface area contributed by atoms with Gasteiger partial charge in [-0.25, -0.2) is 9.79 Å². The standard InChI is InChI=1S/C32H26F3N3O8S/c1-5-45-30(40)27-17(2)36-31-37(28(27)19-7-10-21(43-3)11-8-19)29(39)26(47-31)15-18-6-12-24(25(14-18)44-4)46-23-13-9-20(32(33,34)35)16-22(23)38(41)42/h6-16,28H,5H2,1-4H3/t28-/m0/s1. The van der Waals surface area contributed by atoms with Gasteiger partial charge in [0.2, 0.25) is 5.75 Å². The van der Waals surface area contributed by atoms with Crippen LogP contribution in [0.2, 0.25) is 0 Å². The van der Waals surface area contributed by atoms with E-state index in [2.05, 4.69) is 4.99 Å². The first kappa shape index (κ1) is 32.9. The number of fused-ring (bicyclic) bond motifs is 1. The molecule has 0 N–H and O–H groups in total. The van der Waals surface area contributed by atoms with E-state index in [1.165, 1.54) is 30.9 Å². The molecule has 1 aliphatic heterocycles. The minimum Gasteiger partial charge on any atom is -0.497 e. The molecular formula is C32H26F3N3O8S. The number of methoxy groups -OCH3 is 2. The van der Waals surface area contributed by atoms with E-state index in [0.29, 0.717) is 39.5 Å². The zero-order valence-corrected chi connectivity index (χ0v) is 26.1. The van der Waals surface area contributed by atoms with Gasteiger partial charge in [0.15, 0.2) is 16.3 Å². The number of nitro benzene ring substituents is 1. The van der Waals surface area contributed by atoms with E-state index in [1.807, 2.05) is 0 Å². The van der Waals surface area contributed by atoms with Crippen LogP contribution in [0.15, 0.2) is 81.7 Å². The Hall–Kier alpha value is -5.44. The first-order valence-corrected chi connectivity index (χ1v) is 14.7. The summed E-state index contributed by atoms with van der Waals surface area (Å²) in [4.78, 5) is 42.4. The molecule has 15 heteroatoms. The smallest absolute Gasteiger partial charge is 0.416 e. The molecular weight excluding hydrogens is 643 g/mol. The molecule has 0 unspecified atom stereocenters. The van der Waals surface area contributed by atoms with Gasteiger partial charge in [-0.2, -0.15) is 13.2 Å². The Morgan fingerprint density at radius 3 is 2.36 bits per heavy atom. The summed E-state index contributed by atoms with van der Waals surface area (Å²) in [7, 11) is 2.84. The Morgan fingerprint density at radius 2 is 1.74 bits per heavy atom. The molecule has 47 heavy (non-hydrogen) atoms. The molecule has 0 spiro atoms. The van der Waals surface area contributed by atoms with Gasteiger partial charge in [0.25, 0.3) is 5.56 Å². The minimum absolute atomic E-state index is 0.0109. The van der Waals surface area contributed by atoms with E-state index in [4.69, 9.17) is 18.9 Å². The Bertz CT molecular complexity index is 2090. The number of aromatic nitrogens is 1. The molecule has 4 aromatic rings. The average molecular weight is 670 g/mol. The molecule has 244 valence electrons. The van der Waals surface area contributed by atoms with Crippen LogP contribution in [0.4, 0.5) is 18.9 Å². The highest BCUT2D eigenvalue weighted by Gasteiger charge is 2.35. The second-order valence-corrected chi connectivity index (χ2v) is 11.0. The van der Waals surface area contributed by atoms with Crippen molar-refractivity contribution >= 4 is 29.1 Å². The molecule has 0 saturated heterocycles. The Balaban J connectivity index is 1.56. The van der Waals surface area contributed by atoms with Crippen LogP contribution in [0.1, 0.15) is 36.6 Å². The predicted octanol–water partition coefficient (Wildman–Crippen LogP) is 5.53. The molecule has 11 nitrogen and oxygen atoms in total. The maximum absolute atomic E-state index is 13.9. The number of nitrogens with zero attached hydrogens (tertiary/aromatic N) is 3. The average Bonchev–Trinajstić information content (AvgIpc) is 3.34. The monoisotopic (exact) mass is 669 g/mol. The minimum atomic E-state index is -4.78. The van der Waals surface area contributed by atoms with E-state index in [-0.39, 0.29) is 28.2 Å². The quantitative estimate of drug-likeness (QED) is 0.129. The van der Waals surface area contributed by atoms with Gasteiger partial charge in [-0.05, 0) is 67.4 Å². The fourth-order valence-corrected chi connectivity index (χ4v) is 5.99. The third-order valence-corrected chi connectivity index (χ3v) is 8.12. The number of nitro groups is 1. The van der Waals surface area contributed by atoms with E-state index < -0.39 is 45.7 Å². The lowest BCUT2D eigenvalue weighted by Crippen LogP contribution is -2.39. The highest BCUT2D eigenvalue weighted by Crippen LogP contribution is 2.40. The summed E-state index contributed by atoms with van der Waals surface area (Å²) in [6.07, 6.45) is -3.21. The fourth-order valence-electron chi connectivity index (χ4n) is 4.94. The molecule has 1 aromatic heterocycles. The molecule has 0 saturated carbocycles. The van der Waals surface area contributed by atoms with Gasteiger partial charge in [0.1, 0.15) is 5.75 Å². The van der Waals surface area contributed by atoms with Gasteiger partial charge in [0.05, 0.1) is 53.2 Å². The number of ether oxygens (including phenoxy) is 4. The number of benzene rings is 3. The third-order valence-electron chi connectivity index (χ3n) is 7.14. The molecule has 0 radical (unpaired) electrons. The predicted molar refractivity (Wildman–Crippen MR) is 165 cm³/mol. The van der Waals surface area contributed by atoms with Crippen molar-refractivity contribution in [2.45, 2.75) is 26.1 Å². The van der Waals surface area contributed by atoms with Gasteiger partial charge in [-0.1, -0.05) is 29.5 Å². The van der Waals surface area contributed by atoms with Crippen molar-refractivity contribution in [2.24, 2.45) is 4.99 Å². The number of hydrogen-bond acceptors (Lipinski definition) is 10. The molecule has 5 rings (SSSR count). The van der Waals surface area contributed by atoms with Crippen molar-refractivity contribution in [3.63, 3.8) is 0 Å². The van der Waals surface area contributed by atoms with Gasteiger partial charge in [-0.15, -0.1) is 0 Å². The summed E-state index contributed by atoms with van der Waals surface area (Å²) in [5, 5.41) is 11.5. The van der Waals surface area contributed by atoms with Crippen LogP contribution in [0.3, 0.4) is 0 Å². The lowest BCUT2D eigenvalue weighted by atomic mass is 9.96. The van der Waals surface area contributed by atoms with Crippen LogP contribution in [-0.2, 0) is 15.7 Å². The number of hydrogen-bond donors (Lipinski definition) is 0.